The minimum absolute atomic E-state index is 0.374. The molecule has 1 aromatic heterocycles. The SMILES string of the molecule is c1ccc(-c2cccc(-c3ccc(C4=NC(c5ccc6ccccc6c5)NC(c5ccc6ccccc6c5)=N4)c4oc5ccc6ccccc6c5c34)c2)cc1. The van der Waals surface area contributed by atoms with Crippen molar-refractivity contribution in [1.82, 2.24) is 5.32 Å². The van der Waals surface area contributed by atoms with Crippen LogP contribution in [0.3, 0.4) is 0 Å². The summed E-state index contributed by atoms with van der Waals surface area (Å²) in [6.07, 6.45) is -0.374. The summed E-state index contributed by atoms with van der Waals surface area (Å²) in [5, 5.41) is 12.9. The van der Waals surface area contributed by atoms with E-state index in [0.717, 1.165) is 66.4 Å². The van der Waals surface area contributed by atoms with Gasteiger partial charge in [0.1, 0.15) is 23.2 Å². The predicted molar refractivity (Wildman–Crippen MR) is 229 cm³/mol. The molecule has 0 bridgehead atoms. The number of amidine groups is 2. The molecule has 1 atom stereocenters. The Morgan fingerprint density at radius 2 is 1.09 bits per heavy atom. The summed E-state index contributed by atoms with van der Waals surface area (Å²) in [6, 6.07) is 66.4. The van der Waals surface area contributed by atoms with Crippen LogP contribution in [-0.4, -0.2) is 11.7 Å². The first kappa shape index (κ1) is 31.2. The van der Waals surface area contributed by atoms with Crippen molar-refractivity contribution in [2.75, 3.05) is 0 Å². The van der Waals surface area contributed by atoms with Gasteiger partial charge < -0.3 is 9.73 Å². The number of furan rings is 1. The Balaban J connectivity index is 1.16. The van der Waals surface area contributed by atoms with Gasteiger partial charge in [-0.15, -0.1) is 0 Å². The molecule has 1 N–H and O–H groups in total. The van der Waals surface area contributed by atoms with E-state index in [2.05, 4.69) is 193 Å². The number of benzene rings is 9. The van der Waals surface area contributed by atoms with E-state index in [-0.39, 0.29) is 6.17 Å². The third-order valence-corrected chi connectivity index (χ3v) is 10.9. The maximum Gasteiger partial charge on any atom is 0.163 e. The van der Waals surface area contributed by atoms with Gasteiger partial charge in [0.2, 0.25) is 0 Å². The van der Waals surface area contributed by atoms with Gasteiger partial charge in [0.15, 0.2) is 5.84 Å². The van der Waals surface area contributed by atoms with Gasteiger partial charge in [-0.05, 0) is 90.5 Å². The molecule has 4 nitrogen and oxygen atoms in total. The van der Waals surface area contributed by atoms with Crippen LogP contribution >= 0.6 is 0 Å². The van der Waals surface area contributed by atoms with E-state index in [9.17, 15) is 0 Å². The lowest BCUT2D eigenvalue weighted by atomic mass is 9.93. The average molecular weight is 704 g/mol. The summed E-state index contributed by atoms with van der Waals surface area (Å²) >= 11 is 0. The Kier molecular flexibility index (Phi) is 7.20. The lowest BCUT2D eigenvalue weighted by Crippen LogP contribution is -2.33. The third kappa shape index (κ3) is 5.38. The molecule has 0 fully saturated rings. The molecule has 1 aliphatic heterocycles. The molecule has 10 aromatic rings. The quantitative estimate of drug-likeness (QED) is 0.194. The second kappa shape index (κ2) is 12.7. The molecule has 0 spiro atoms. The first-order chi connectivity index (χ1) is 27.2. The number of hydrogen-bond acceptors (Lipinski definition) is 4. The van der Waals surface area contributed by atoms with Gasteiger partial charge in [-0.2, -0.15) is 0 Å². The molecule has 9 aromatic carbocycles. The Hall–Kier alpha value is -7.30. The fourth-order valence-electron chi connectivity index (χ4n) is 8.16. The van der Waals surface area contributed by atoms with Gasteiger partial charge in [0.05, 0.1) is 5.56 Å². The topological polar surface area (TPSA) is 49.9 Å². The molecular formula is C51H33N3O. The number of fused-ring (bicyclic) bond motifs is 7. The van der Waals surface area contributed by atoms with E-state index in [4.69, 9.17) is 14.4 Å². The van der Waals surface area contributed by atoms with Crippen molar-refractivity contribution in [3.05, 3.63) is 205 Å². The second-order valence-corrected chi connectivity index (χ2v) is 14.2. The molecular weight excluding hydrogens is 671 g/mol. The van der Waals surface area contributed by atoms with Crippen LogP contribution in [0.25, 0.3) is 76.5 Å². The van der Waals surface area contributed by atoms with E-state index in [0.29, 0.717) is 5.84 Å². The zero-order valence-corrected chi connectivity index (χ0v) is 29.8. The first-order valence-electron chi connectivity index (χ1n) is 18.7. The molecule has 0 radical (unpaired) electrons. The van der Waals surface area contributed by atoms with Crippen LogP contribution in [0, 0.1) is 0 Å². The van der Waals surface area contributed by atoms with Crippen molar-refractivity contribution in [2.45, 2.75) is 6.17 Å². The fourth-order valence-corrected chi connectivity index (χ4v) is 8.16. The smallest absolute Gasteiger partial charge is 0.163 e. The summed E-state index contributed by atoms with van der Waals surface area (Å²) in [6.45, 7) is 0. The highest BCUT2D eigenvalue weighted by Crippen LogP contribution is 2.43. The maximum atomic E-state index is 6.95. The minimum Gasteiger partial charge on any atom is -0.455 e. The van der Waals surface area contributed by atoms with Crippen molar-refractivity contribution in [3.8, 4) is 22.3 Å². The second-order valence-electron chi connectivity index (χ2n) is 14.2. The molecule has 1 unspecified atom stereocenters. The lowest BCUT2D eigenvalue weighted by Gasteiger charge is -2.24. The highest BCUT2D eigenvalue weighted by molar-refractivity contribution is 6.27. The summed E-state index contributed by atoms with van der Waals surface area (Å²) in [5.74, 6) is 1.39. The number of rotatable bonds is 5. The Morgan fingerprint density at radius 3 is 1.93 bits per heavy atom. The minimum atomic E-state index is -0.374. The van der Waals surface area contributed by atoms with E-state index in [1.165, 1.54) is 32.7 Å². The van der Waals surface area contributed by atoms with Gasteiger partial charge in [-0.25, -0.2) is 9.98 Å². The molecule has 0 saturated heterocycles. The van der Waals surface area contributed by atoms with E-state index >= 15 is 0 Å². The van der Waals surface area contributed by atoms with E-state index in [1.54, 1.807) is 0 Å². The van der Waals surface area contributed by atoms with Crippen LogP contribution in [0.15, 0.2) is 202 Å². The third-order valence-electron chi connectivity index (χ3n) is 10.9. The first-order valence-corrected chi connectivity index (χ1v) is 18.7. The zero-order valence-electron chi connectivity index (χ0n) is 29.8. The Morgan fingerprint density at radius 1 is 0.436 bits per heavy atom. The molecule has 11 rings (SSSR count). The molecule has 258 valence electrons. The average Bonchev–Trinajstić information content (AvgIpc) is 3.66. The standard InChI is InChI=1S/C51H33N3O/c1-2-11-32(12-3-1)38-18-10-19-39(29-38)43-26-27-44(48-47(43)46-42-20-9-8-15-35(42)25-28-45(46)55-48)51-53-49(40-23-21-33-13-4-6-16-36(33)30-40)52-50(54-51)41-24-22-34-14-5-7-17-37(34)31-41/h1-31,49H,(H,52,53,54). The van der Waals surface area contributed by atoms with Crippen molar-refractivity contribution >= 4 is 65.9 Å². The Labute approximate surface area is 317 Å². The Bertz CT molecular complexity index is 3190. The summed E-state index contributed by atoms with van der Waals surface area (Å²) in [4.78, 5) is 10.7. The van der Waals surface area contributed by atoms with Gasteiger partial charge in [-0.1, -0.05) is 158 Å². The van der Waals surface area contributed by atoms with Crippen molar-refractivity contribution in [3.63, 3.8) is 0 Å². The highest BCUT2D eigenvalue weighted by Gasteiger charge is 2.26. The molecule has 1 aliphatic rings. The fraction of sp³-hybridized carbons (Fsp3) is 0.0196. The van der Waals surface area contributed by atoms with Crippen molar-refractivity contribution in [2.24, 2.45) is 9.98 Å². The van der Waals surface area contributed by atoms with Crippen LogP contribution in [0.4, 0.5) is 0 Å². The van der Waals surface area contributed by atoms with Crippen LogP contribution in [0.5, 0.6) is 0 Å². The summed E-state index contributed by atoms with van der Waals surface area (Å²) in [5.41, 5.74) is 9.08. The lowest BCUT2D eigenvalue weighted by molar-refractivity contribution is 0.663. The predicted octanol–water partition coefficient (Wildman–Crippen LogP) is 12.9. The van der Waals surface area contributed by atoms with Gasteiger partial charge in [-0.3, -0.25) is 0 Å². The van der Waals surface area contributed by atoms with E-state index in [1.807, 2.05) is 0 Å². The van der Waals surface area contributed by atoms with E-state index < -0.39 is 0 Å². The van der Waals surface area contributed by atoms with Crippen LogP contribution in [0.2, 0.25) is 0 Å². The molecule has 0 saturated carbocycles. The molecule has 0 aliphatic carbocycles. The van der Waals surface area contributed by atoms with Crippen LogP contribution in [0.1, 0.15) is 22.9 Å². The molecule has 55 heavy (non-hydrogen) atoms. The zero-order chi connectivity index (χ0) is 36.3. The van der Waals surface area contributed by atoms with Crippen molar-refractivity contribution < 1.29 is 4.42 Å². The van der Waals surface area contributed by atoms with Gasteiger partial charge in [0.25, 0.3) is 0 Å². The largest absolute Gasteiger partial charge is 0.455 e. The van der Waals surface area contributed by atoms with Crippen LogP contribution < -0.4 is 5.32 Å². The number of nitrogens with zero attached hydrogens (tertiary/aromatic N) is 2. The number of aliphatic imine (C=N–C) groups is 2. The summed E-state index contributed by atoms with van der Waals surface area (Å²) in [7, 11) is 0. The monoisotopic (exact) mass is 703 g/mol. The van der Waals surface area contributed by atoms with Gasteiger partial charge in [0, 0.05) is 16.3 Å². The van der Waals surface area contributed by atoms with Crippen LogP contribution in [-0.2, 0) is 0 Å². The van der Waals surface area contributed by atoms with Crippen molar-refractivity contribution in [1.29, 1.82) is 0 Å². The van der Waals surface area contributed by atoms with Gasteiger partial charge >= 0.3 is 0 Å². The molecule has 2 heterocycles. The number of hydrogen-bond donors (Lipinski definition) is 1. The highest BCUT2D eigenvalue weighted by atomic mass is 16.3. The number of nitrogens with one attached hydrogen (secondary N) is 1. The summed E-state index contributed by atoms with van der Waals surface area (Å²) < 4.78 is 6.95. The maximum absolute atomic E-state index is 6.95. The molecule has 0 amide bonds. The molecule has 4 heteroatoms. The normalized spacial score (nSPS) is 14.4.